The molecule has 0 aromatic carbocycles. The van der Waals surface area contributed by atoms with Crippen LogP contribution < -0.4 is 0 Å². The van der Waals surface area contributed by atoms with Gasteiger partial charge in [-0.1, -0.05) is 15.9 Å². The van der Waals surface area contributed by atoms with Crippen molar-refractivity contribution in [3.8, 4) is 0 Å². The van der Waals surface area contributed by atoms with Crippen molar-refractivity contribution < 1.29 is 9.53 Å². The molecule has 1 fully saturated rings. The fraction of sp³-hybridized carbons (Fsp3) is 0.857. The summed E-state index contributed by atoms with van der Waals surface area (Å²) >= 11 is 3.42. The molecule has 1 aliphatic rings. The first-order valence-electron chi connectivity index (χ1n) is 3.43. The SMILES string of the molecule is CCOC(=O)[C@@H]1C[C@@]1(C)Br. The normalized spacial score (nSPS) is 37.3. The highest BCUT2D eigenvalue weighted by Gasteiger charge is 2.53. The molecule has 58 valence electrons. The highest BCUT2D eigenvalue weighted by Crippen LogP contribution is 2.51. The van der Waals surface area contributed by atoms with Crippen molar-refractivity contribution in [2.45, 2.75) is 24.6 Å². The molecule has 0 spiro atoms. The Morgan fingerprint density at radius 2 is 2.40 bits per heavy atom. The molecule has 0 amide bonds. The third kappa shape index (κ3) is 1.51. The molecule has 0 bridgehead atoms. The highest BCUT2D eigenvalue weighted by atomic mass is 79.9. The van der Waals surface area contributed by atoms with Crippen LogP contribution in [-0.4, -0.2) is 16.9 Å². The maximum Gasteiger partial charge on any atom is 0.310 e. The second-order valence-electron chi connectivity index (χ2n) is 2.79. The van der Waals surface area contributed by atoms with Gasteiger partial charge in [0.2, 0.25) is 0 Å². The Kier molecular flexibility index (Phi) is 2.04. The number of alkyl halides is 1. The van der Waals surface area contributed by atoms with Crippen LogP contribution in [0.3, 0.4) is 0 Å². The molecule has 0 aromatic rings. The lowest BCUT2D eigenvalue weighted by Gasteiger charge is -2.00. The molecule has 0 aromatic heterocycles. The minimum Gasteiger partial charge on any atom is -0.466 e. The van der Waals surface area contributed by atoms with E-state index in [1.165, 1.54) is 0 Å². The summed E-state index contributed by atoms with van der Waals surface area (Å²) in [6.07, 6.45) is 0.909. The number of ether oxygens (including phenoxy) is 1. The van der Waals surface area contributed by atoms with Gasteiger partial charge in [0, 0.05) is 4.32 Å². The smallest absolute Gasteiger partial charge is 0.310 e. The van der Waals surface area contributed by atoms with Crippen LogP contribution in [0.15, 0.2) is 0 Å². The topological polar surface area (TPSA) is 26.3 Å². The first-order chi connectivity index (χ1) is 4.58. The molecule has 0 N–H and O–H groups in total. The van der Waals surface area contributed by atoms with Gasteiger partial charge >= 0.3 is 5.97 Å². The molecular formula is C7H11BrO2. The minimum atomic E-state index is -0.0677. The lowest BCUT2D eigenvalue weighted by atomic mass is 10.3. The number of hydrogen-bond donors (Lipinski definition) is 0. The standard InChI is InChI=1S/C7H11BrO2/c1-3-10-6(9)5-4-7(5,2)8/h5H,3-4H2,1-2H3/t5-,7+/m0/s1. The molecule has 0 saturated heterocycles. The summed E-state index contributed by atoms with van der Waals surface area (Å²) in [4.78, 5) is 11.0. The second kappa shape index (κ2) is 2.53. The fourth-order valence-electron chi connectivity index (χ4n) is 0.912. The number of halogens is 1. The zero-order valence-corrected chi connectivity index (χ0v) is 7.77. The maximum atomic E-state index is 11.0. The van der Waals surface area contributed by atoms with Crippen molar-refractivity contribution in [1.82, 2.24) is 0 Å². The molecule has 1 rings (SSSR count). The van der Waals surface area contributed by atoms with Gasteiger partial charge < -0.3 is 4.74 Å². The Balaban J connectivity index is 2.33. The zero-order chi connectivity index (χ0) is 7.78. The highest BCUT2D eigenvalue weighted by molar-refractivity contribution is 9.10. The van der Waals surface area contributed by atoms with Gasteiger partial charge in [-0.05, 0) is 20.3 Å². The Hall–Kier alpha value is -0.0500. The predicted octanol–water partition coefficient (Wildman–Crippen LogP) is 1.72. The summed E-state index contributed by atoms with van der Waals surface area (Å²) in [6, 6.07) is 0. The van der Waals surface area contributed by atoms with Crippen LogP contribution in [0.5, 0.6) is 0 Å². The molecule has 0 unspecified atom stereocenters. The van der Waals surface area contributed by atoms with Gasteiger partial charge in [0.1, 0.15) is 0 Å². The Bertz CT molecular complexity index is 154. The van der Waals surface area contributed by atoms with E-state index >= 15 is 0 Å². The third-order valence-corrected chi connectivity index (χ3v) is 2.62. The van der Waals surface area contributed by atoms with E-state index in [0.717, 1.165) is 6.42 Å². The summed E-state index contributed by atoms with van der Waals surface area (Å²) in [7, 11) is 0. The number of carbonyl (C=O) groups is 1. The van der Waals surface area contributed by atoms with Gasteiger partial charge in [0.15, 0.2) is 0 Å². The number of rotatable bonds is 2. The lowest BCUT2D eigenvalue weighted by Crippen LogP contribution is -2.10. The van der Waals surface area contributed by atoms with Crippen LogP contribution >= 0.6 is 15.9 Å². The monoisotopic (exact) mass is 206 g/mol. The Morgan fingerprint density at radius 3 is 2.70 bits per heavy atom. The van der Waals surface area contributed by atoms with Gasteiger partial charge in [0.05, 0.1) is 12.5 Å². The first-order valence-corrected chi connectivity index (χ1v) is 4.23. The fourth-order valence-corrected chi connectivity index (χ4v) is 1.42. The second-order valence-corrected chi connectivity index (χ2v) is 4.60. The molecule has 3 heteroatoms. The summed E-state index contributed by atoms with van der Waals surface area (Å²) in [5.41, 5.74) is 0. The summed E-state index contributed by atoms with van der Waals surface area (Å²) in [5, 5.41) is 0. The molecule has 2 nitrogen and oxygen atoms in total. The Morgan fingerprint density at radius 1 is 1.90 bits per heavy atom. The molecule has 1 aliphatic carbocycles. The van der Waals surface area contributed by atoms with Crippen molar-refractivity contribution in [3.63, 3.8) is 0 Å². The molecule has 0 radical (unpaired) electrons. The number of carbonyl (C=O) groups excluding carboxylic acids is 1. The van der Waals surface area contributed by atoms with Crippen LogP contribution in [0.4, 0.5) is 0 Å². The van der Waals surface area contributed by atoms with E-state index < -0.39 is 0 Å². The van der Waals surface area contributed by atoms with Gasteiger partial charge in [-0.3, -0.25) is 4.79 Å². The van der Waals surface area contributed by atoms with Crippen LogP contribution in [0.25, 0.3) is 0 Å². The van der Waals surface area contributed by atoms with Crippen LogP contribution in [-0.2, 0) is 9.53 Å². The van der Waals surface area contributed by atoms with Gasteiger partial charge in [-0.15, -0.1) is 0 Å². The van der Waals surface area contributed by atoms with E-state index in [0.29, 0.717) is 6.61 Å². The van der Waals surface area contributed by atoms with Crippen molar-refractivity contribution in [3.05, 3.63) is 0 Å². The zero-order valence-electron chi connectivity index (χ0n) is 6.19. The lowest BCUT2D eigenvalue weighted by molar-refractivity contribution is -0.144. The number of esters is 1. The van der Waals surface area contributed by atoms with E-state index in [2.05, 4.69) is 15.9 Å². The molecule has 0 heterocycles. The molecule has 0 aliphatic heterocycles. The molecule has 2 atom stereocenters. The summed E-state index contributed by atoms with van der Waals surface area (Å²) < 4.78 is 4.86. The number of hydrogen-bond acceptors (Lipinski definition) is 2. The van der Waals surface area contributed by atoms with E-state index in [1.54, 1.807) is 0 Å². The van der Waals surface area contributed by atoms with Crippen molar-refractivity contribution in [2.24, 2.45) is 5.92 Å². The average molecular weight is 207 g/mol. The van der Waals surface area contributed by atoms with Crippen molar-refractivity contribution >= 4 is 21.9 Å². The van der Waals surface area contributed by atoms with E-state index in [9.17, 15) is 4.79 Å². The summed E-state index contributed by atoms with van der Waals surface area (Å²) in [6.45, 7) is 4.32. The van der Waals surface area contributed by atoms with E-state index in [-0.39, 0.29) is 16.2 Å². The van der Waals surface area contributed by atoms with Crippen molar-refractivity contribution in [2.75, 3.05) is 6.61 Å². The van der Waals surface area contributed by atoms with Crippen LogP contribution in [0, 0.1) is 5.92 Å². The van der Waals surface area contributed by atoms with E-state index in [4.69, 9.17) is 4.74 Å². The van der Waals surface area contributed by atoms with E-state index in [1.807, 2.05) is 13.8 Å². The predicted molar refractivity (Wildman–Crippen MR) is 42.1 cm³/mol. The van der Waals surface area contributed by atoms with Gasteiger partial charge in [-0.2, -0.15) is 0 Å². The van der Waals surface area contributed by atoms with Crippen molar-refractivity contribution in [1.29, 1.82) is 0 Å². The van der Waals surface area contributed by atoms with Gasteiger partial charge in [-0.25, -0.2) is 0 Å². The minimum absolute atomic E-state index is 0.0270. The van der Waals surface area contributed by atoms with Gasteiger partial charge in [0.25, 0.3) is 0 Å². The van der Waals surface area contributed by atoms with Crippen LogP contribution in [0.2, 0.25) is 0 Å². The molecular weight excluding hydrogens is 196 g/mol. The average Bonchev–Trinajstić information content (AvgIpc) is 2.41. The summed E-state index contributed by atoms with van der Waals surface area (Å²) in [5.74, 6) is 0.0225. The first kappa shape index (κ1) is 8.05. The molecule has 10 heavy (non-hydrogen) atoms. The maximum absolute atomic E-state index is 11.0. The Labute approximate surface area is 69.1 Å². The largest absolute Gasteiger partial charge is 0.466 e. The molecule has 1 saturated carbocycles. The quantitative estimate of drug-likeness (QED) is 0.509. The van der Waals surface area contributed by atoms with Crippen LogP contribution in [0.1, 0.15) is 20.3 Å². The third-order valence-electron chi connectivity index (χ3n) is 1.74.